The van der Waals surface area contributed by atoms with E-state index in [-0.39, 0.29) is 0 Å². The van der Waals surface area contributed by atoms with Crippen LogP contribution in [0.2, 0.25) is 0 Å². The zero-order valence-corrected chi connectivity index (χ0v) is 11.4. The van der Waals surface area contributed by atoms with Crippen LogP contribution in [0.4, 0.5) is 0 Å². The van der Waals surface area contributed by atoms with Gasteiger partial charge in [0.05, 0.1) is 0 Å². The Labute approximate surface area is 116 Å². The van der Waals surface area contributed by atoms with E-state index in [4.69, 9.17) is 5.11 Å². The van der Waals surface area contributed by atoms with E-state index in [0.29, 0.717) is 0 Å². The molecule has 19 heavy (non-hydrogen) atoms. The van der Waals surface area contributed by atoms with Crippen molar-refractivity contribution in [3.63, 3.8) is 0 Å². The number of hydrogen-bond donors (Lipinski definition) is 1. The summed E-state index contributed by atoms with van der Waals surface area (Å²) in [5.74, 6) is -0.770. The molecule has 0 radical (unpaired) electrons. The van der Waals surface area contributed by atoms with E-state index in [1.54, 1.807) is 6.92 Å². The van der Waals surface area contributed by atoms with Gasteiger partial charge in [0.2, 0.25) is 0 Å². The number of rotatable bonds is 3. The lowest BCUT2D eigenvalue weighted by Crippen LogP contribution is -2.10. The maximum absolute atomic E-state index is 10.9. The standard InChI is InChI=1S/C16H14O2S/c1-10(16(17)18)19-13-6-7-15-12(9-13)8-11-4-2-3-5-14(11)15/h2-7,9-10H,8H2,1H3,(H,17,18). The van der Waals surface area contributed by atoms with Gasteiger partial charge >= 0.3 is 5.97 Å². The highest BCUT2D eigenvalue weighted by Gasteiger charge is 2.19. The number of fused-ring (bicyclic) bond motifs is 3. The topological polar surface area (TPSA) is 37.3 Å². The van der Waals surface area contributed by atoms with Crippen LogP contribution in [-0.2, 0) is 11.2 Å². The molecule has 1 aliphatic rings. The third kappa shape index (κ3) is 2.26. The van der Waals surface area contributed by atoms with E-state index in [9.17, 15) is 4.79 Å². The van der Waals surface area contributed by atoms with Crippen molar-refractivity contribution in [2.24, 2.45) is 0 Å². The molecule has 1 aliphatic carbocycles. The first kappa shape index (κ1) is 12.3. The lowest BCUT2D eigenvalue weighted by molar-refractivity contribution is -0.136. The van der Waals surface area contributed by atoms with Crippen LogP contribution in [0, 0.1) is 0 Å². The molecule has 0 aliphatic heterocycles. The molecule has 0 saturated heterocycles. The number of carboxylic acids is 1. The molecule has 3 heteroatoms. The van der Waals surface area contributed by atoms with E-state index in [1.165, 1.54) is 34.0 Å². The molecule has 2 aromatic carbocycles. The maximum Gasteiger partial charge on any atom is 0.316 e. The maximum atomic E-state index is 10.9. The average molecular weight is 270 g/mol. The van der Waals surface area contributed by atoms with Crippen LogP contribution in [0.15, 0.2) is 47.4 Å². The van der Waals surface area contributed by atoms with Gasteiger partial charge < -0.3 is 5.11 Å². The second kappa shape index (κ2) is 4.74. The van der Waals surface area contributed by atoms with E-state index < -0.39 is 11.2 Å². The Morgan fingerprint density at radius 3 is 2.68 bits per heavy atom. The number of thioether (sulfide) groups is 1. The summed E-state index contributed by atoms with van der Waals surface area (Å²) in [6.07, 6.45) is 0.946. The minimum atomic E-state index is -0.770. The van der Waals surface area contributed by atoms with Gasteiger partial charge in [0.15, 0.2) is 0 Å². The molecule has 2 aromatic rings. The van der Waals surface area contributed by atoms with Crippen molar-refractivity contribution in [3.05, 3.63) is 53.6 Å². The van der Waals surface area contributed by atoms with Crippen LogP contribution in [0.1, 0.15) is 18.1 Å². The summed E-state index contributed by atoms with van der Waals surface area (Å²) in [4.78, 5) is 11.9. The molecule has 0 spiro atoms. The monoisotopic (exact) mass is 270 g/mol. The lowest BCUT2D eigenvalue weighted by atomic mass is 10.1. The normalized spacial score (nSPS) is 13.7. The molecule has 96 valence electrons. The predicted octanol–water partition coefficient (Wildman–Crippen LogP) is 3.82. The molecular weight excluding hydrogens is 256 g/mol. The van der Waals surface area contributed by atoms with Crippen molar-refractivity contribution < 1.29 is 9.90 Å². The summed E-state index contributed by atoms with van der Waals surface area (Å²) >= 11 is 1.40. The molecule has 0 saturated carbocycles. The first-order chi connectivity index (χ1) is 9.15. The summed E-state index contributed by atoms with van der Waals surface area (Å²) in [5.41, 5.74) is 5.23. The van der Waals surface area contributed by atoms with Crippen LogP contribution >= 0.6 is 11.8 Å². The van der Waals surface area contributed by atoms with Crippen molar-refractivity contribution in [1.29, 1.82) is 0 Å². The molecule has 0 fully saturated rings. The summed E-state index contributed by atoms with van der Waals surface area (Å²) in [5, 5.41) is 8.54. The minimum Gasteiger partial charge on any atom is -0.480 e. The second-order valence-corrected chi connectivity index (χ2v) is 6.17. The molecule has 1 atom stereocenters. The van der Waals surface area contributed by atoms with Gasteiger partial charge in [-0.3, -0.25) is 4.79 Å². The largest absolute Gasteiger partial charge is 0.480 e. The molecule has 0 heterocycles. The number of hydrogen-bond acceptors (Lipinski definition) is 2. The molecule has 0 bridgehead atoms. The van der Waals surface area contributed by atoms with Gasteiger partial charge in [-0.15, -0.1) is 11.8 Å². The van der Waals surface area contributed by atoms with E-state index >= 15 is 0 Å². The third-order valence-electron chi connectivity index (χ3n) is 3.43. The molecule has 2 nitrogen and oxygen atoms in total. The van der Waals surface area contributed by atoms with Gasteiger partial charge in [0, 0.05) is 4.90 Å². The first-order valence-electron chi connectivity index (χ1n) is 6.26. The third-order valence-corrected chi connectivity index (χ3v) is 4.51. The molecule has 3 rings (SSSR count). The average Bonchev–Trinajstić information content (AvgIpc) is 2.76. The van der Waals surface area contributed by atoms with Crippen molar-refractivity contribution in [2.45, 2.75) is 23.5 Å². The highest BCUT2D eigenvalue weighted by Crippen LogP contribution is 2.38. The number of benzene rings is 2. The molecule has 1 unspecified atom stereocenters. The molecule has 0 amide bonds. The van der Waals surface area contributed by atoms with Crippen LogP contribution < -0.4 is 0 Å². The summed E-state index contributed by atoms with van der Waals surface area (Å²) in [7, 11) is 0. The number of carboxylic acid groups (broad SMARTS) is 1. The number of carbonyl (C=O) groups is 1. The summed E-state index contributed by atoms with van der Waals surface area (Å²) < 4.78 is 0. The van der Waals surface area contributed by atoms with Gasteiger partial charge in [0.1, 0.15) is 5.25 Å². The van der Waals surface area contributed by atoms with E-state index in [2.05, 4.69) is 36.4 Å². The second-order valence-electron chi connectivity index (χ2n) is 4.75. The Bertz CT molecular complexity index is 649. The van der Waals surface area contributed by atoms with Crippen molar-refractivity contribution in [3.8, 4) is 11.1 Å². The molecule has 1 N–H and O–H groups in total. The minimum absolute atomic E-state index is 0.415. The Balaban J connectivity index is 1.91. The quantitative estimate of drug-likeness (QED) is 0.735. The van der Waals surface area contributed by atoms with Crippen LogP contribution in [0.25, 0.3) is 11.1 Å². The number of aliphatic carboxylic acids is 1. The van der Waals surface area contributed by atoms with Gasteiger partial charge in [-0.25, -0.2) is 0 Å². The van der Waals surface area contributed by atoms with Crippen molar-refractivity contribution in [1.82, 2.24) is 0 Å². The van der Waals surface area contributed by atoms with Crippen molar-refractivity contribution in [2.75, 3.05) is 0 Å². The first-order valence-corrected chi connectivity index (χ1v) is 7.14. The van der Waals surface area contributed by atoms with Gasteiger partial charge in [-0.05, 0) is 47.7 Å². The Hall–Kier alpha value is -1.74. The van der Waals surface area contributed by atoms with Gasteiger partial charge in [0.25, 0.3) is 0 Å². The fraction of sp³-hybridized carbons (Fsp3) is 0.188. The lowest BCUT2D eigenvalue weighted by Gasteiger charge is -2.08. The van der Waals surface area contributed by atoms with Crippen LogP contribution in [0.3, 0.4) is 0 Å². The molecular formula is C16H14O2S. The fourth-order valence-corrected chi connectivity index (χ4v) is 3.32. The van der Waals surface area contributed by atoms with Gasteiger partial charge in [-0.2, -0.15) is 0 Å². The van der Waals surface area contributed by atoms with Gasteiger partial charge in [-0.1, -0.05) is 30.3 Å². The summed E-state index contributed by atoms with van der Waals surface area (Å²) in [6.45, 7) is 1.72. The van der Waals surface area contributed by atoms with Crippen LogP contribution in [0.5, 0.6) is 0 Å². The smallest absolute Gasteiger partial charge is 0.316 e. The fourth-order valence-electron chi connectivity index (χ4n) is 2.45. The highest BCUT2D eigenvalue weighted by atomic mass is 32.2. The Morgan fingerprint density at radius 2 is 1.89 bits per heavy atom. The Kier molecular flexibility index (Phi) is 3.07. The molecule has 0 aromatic heterocycles. The summed E-state index contributed by atoms with van der Waals surface area (Å²) in [6, 6.07) is 14.7. The highest BCUT2D eigenvalue weighted by molar-refractivity contribution is 8.00. The van der Waals surface area contributed by atoms with Crippen molar-refractivity contribution >= 4 is 17.7 Å². The predicted molar refractivity (Wildman–Crippen MR) is 77.6 cm³/mol. The SMILES string of the molecule is CC(Sc1ccc2c(c1)Cc1ccccc1-2)C(=O)O. The zero-order chi connectivity index (χ0) is 13.4. The zero-order valence-electron chi connectivity index (χ0n) is 10.6. The van der Waals surface area contributed by atoms with E-state index in [1.807, 2.05) is 6.07 Å². The van der Waals surface area contributed by atoms with E-state index in [0.717, 1.165) is 11.3 Å². The van der Waals surface area contributed by atoms with Crippen LogP contribution in [-0.4, -0.2) is 16.3 Å². The Morgan fingerprint density at radius 1 is 1.16 bits per heavy atom.